The number of likely N-dealkylation sites (tertiary alicyclic amines) is 1. The minimum absolute atomic E-state index is 0.314. The zero-order valence-corrected chi connectivity index (χ0v) is 15.1. The van der Waals surface area contributed by atoms with E-state index in [1.54, 1.807) is 0 Å². The third-order valence-electron chi connectivity index (χ3n) is 5.50. The summed E-state index contributed by atoms with van der Waals surface area (Å²) in [7, 11) is 0. The van der Waals surface area contributed by atoms with E-state index in [0.717, 1.165) is 38.2 Å². The van der Waals surface area contributed by atoms with Crippen molar-refractivity contribution in [1.82, 2.24) is 15.2 Å². The molecule has 0 radical (unpaired) electrons. The molecule has 2 heterocycles. The lowest BCUT2D eigenvalue weighted by atomic mass is 9.87. The number of pyridine rings is 1. The topological polar surface area (TPSA) is 48.4 Å². The van der Waals surface area contributed by atoms with Gasteiger partial charge in [-0.3, -0.25) is 9.88 Å². The Balaban J connectivity index is 1.80. The van der Waals surface area contributed by atoms with Gasteiger partial charge in [-0.05, 0) is 37.3 Å². The summed E-state index contributed by atoms with van der Waals surface area (Å²) >= 11 is 0. The molecule has 0 aliphatic carbocycles. The predicted octanol–water partition coefficient (Wildman–Crippen LogP) is 2.68. The van der Waals surface area contributed by atoms with Gasteiger partial charge < -0.3 is 10.4 Å². The minimum atomic E-state index is -0.625. The fraction of sp³-hybridized carbons (Fsp3) is 0.737. The van der Waals surface area contributed by atoms with Crippen LogP contribution in [0.5, 0.6) is 0 Å². The SMILES string of the molecule is CCC(C)C(C)(O)CNC1CCN(Cc2ccccn2)CC1C. The van der Waals surface area contributed by atoms with Crippen molar-refractivity contribution in [2.45, 2.75) is 58.7 Å². The summed E-state index contributed by atoms with van der Waals surface area (Å²) in [4.78, 5) is 6.91. The van der Waals surface area contributed by atoms with Crippen LogP contribution in [0, 0.1) is 11.8 Å². The molecule has 4 atom stereocenters. The Hall–Kier alpha value is -0.970. The standard InChI is InChI=1S/C19H33N3O/c1-5-16(3)19(4,23)14-21-18-9-11-22(12-15(18)2)13-17-8-6-7-10-20-17/h6-8,10,15-16,18,21,23H,5,9,11-14H2,1-4H3. The minimum Gasteiger partial charge on any atom is -0.389 e. The summed E-state index contributed by atoms with van der Waals surface area (Å²) in [6.45, 7) is 12.3. The molecule has 130 valence electrons. The van der Waals surface area contributed by atoms with Crippen LogP contribution in [-0.2, 0) is 6.54 Å². The molecule has 1 aromatic rings. The summed E-state index contributed by atoms with van der Waals surface area (Å²) in [6.07, 6.45) is 4.00. The summed E-state index contributed by atoms with van der Waals surface area (Å²) < 4.78 is 0. The van der Waals surface area contributed by atoms with Crippen LogP contribution in [-0.4, -0.2) is 46.3 Å². The molecule has 23 heavy (non-hydrogen) atoms. The highest BCUT2D eigenvalue weighted by molar-refractivity contribution is 5.03. The van der Waals surface area contributed by atoms with Crippen LogP contribution < -0.4 is 5.32 Å². The average molecular weight is 319 g/mol. The average Bonchev–Trinajstić information content (AvgIpc) is 2.54. The maximum Gasteiger partial charge on any atom is 0.0768 e. The van der Waals surface area contributed by atoms with Crippen LogP contribution in [0.1, 0.15) is 46.2 Å². The molecule has 0 saturated carbocycles. The van der Waals surface area contributed by atoms with Crippen molar-refractivity contribution in [2.75, 3.05) is 19.6 Å². The molecule has 0 bridgehead atoms. The molecule has 4 unspecified atom stereocenters. The Labute approximate surface area is 141 Å². The highest BCUT2D eigenvalue weighted by atomic mass is 16.3. The first-order valence-electron chi connectivity index (χ1n) is 9.00. The maximum atomic E-state index is 10.6. The molecule has 4 heteroatoms. The van der Waals surface area contributed by atoms with Crippen molar-refractivity contribution in [1.29, 1.82) is 0 Å². The van der Waals surface area contributed by atoms with Gasteiger partial charge in [0.1, 0.15) is 0 Å². The van der Waals surface area contributed by atoms with Crippen LogP contribution in [0.25, 0.3) is 0 Å². The Kier molecular flexibility index (Phi) is 6.57. The molecule has 4 nitrogen and oxygen atoms in total. The number of nitrogens with one attached hydrogen (secondary N) is 1. The number of piperidine rings is 1. The monoisotopic (exact) mass is 319 g/mol. The van der Waals surface area contributed by atoms with E-state index in [1.807, 2.05) is 19.2 Å². The molecule has 0 aromatic carbocycles. The summed E-state index contributed by atoms with van der Waals surface area (Å²) in [5, 5.41) is 14.2. The first-order chi connectivity index (χ1) is 10.9. The van der Waals surface area contributed by atoms with Crippen molar-refractivity contribution in [2.24, 2.45) is 11.8 Å². The predicted molar refractivity (Wildman–Crippen MR) is 95.2 cm³/mol. The van der Waals surface area contributed by atoms with E-state index >= 15 is 0 Å². The highest BCUT2D eigenvalue weighted by Gasteiger charge is 2.31. The number of rotatable bonds is 7. The van der Waals surface area contributed by atoms with E-state index in [2.05, 4.69) is 48.1 Å². The number of hydrogen-bond donors (Lipinski definition) is 2. The van der Waals surface area contributed by atoms with Gasteiger partial charge in [0.25, 0.3) is 0 Å². The largest absolute Gasteiger partial charge is 0.389 e. The van der Waals surface area contributed by atoms with Crippen molar-refractivity contribution in [3.63, 3.8) is 0 Å². The van der Waals surface area contributed by atoms with E-state index in [4.69, 9.17) is 0 Å². The first kappa shape index (κ1) is 18.4. The van der Waals surface area contributed by atoms with Crippen LogP contribution in [0.2, 0.25) is 0 Å². The first-order valence-corrected chi connectivity index (χ1v) is 9.00. The van der Waals surface area contributed by atoms with Crippen molar-refractivity contribution < 1.29 is 5.11 Å². The summed E-state index contributed by atoms with van der Waals surface area (Å²) in [6, 6.07) is 6.60. The lowest BCUT2D eigenvalue weighted by molar-refractivity contribution is -0.00136. The Morgan fingerprint density at radius 3 is 2.87 bits per heavy atom. The van der Waals surface area contributed by atoms with Crippen molar-refractivity contribution in [3.05, 3.63) is 30.1 Å². The Morgan fingerprint density at radius 1 is 1.48 bits per heavy atom. The van der Waals surface area contributed by atoms with Crippen molar-refractivity contribution >= 4 is 0 Å². The lowest BCUT2D eigenvalue weighted by Gasteiger charge is -2.39. The van der Waals surface area contributed by atoms with Gasteiger partial charge in [0.15, 0.2) is 0 Å². The maximum absolute atomic E-state index is 10.6. The smallest absolute Gasteiger partial charge is 0.0768 e. The molecule has 2 rings (SSSR count). The van der Waals surface area contributed by atoms with Gasteiger partial charge >= 0.3 is 0 Å². The second kappa shape index (κ2) is 8.22. The van der Waals surface area contributed by atoms with Crippen LogP contribution in [0.3, 0.4) is 0 Å². The molecule has 0 amide bonds. The van der Waals surface area contributed by atoms with Crippen LogP contribution in [0.15, 0.2) is 24.4 Å². The second-order valence-electron chi connectivity index (χ2n) is 7.48. The quantitative estimate of drug-likeness (QED) is 0.811. The molecule has 0 spiro atoms. The third kappa shape index (κ3) is 5.27. The van der Waals surface area contributed by atoms with E-state index in [-0.39, 0.29) is 0 Å². The summed E-state index contributed by atoms with van der Waals surface area (Å²) in [5.41, 5.74) is 0.519. The zero-order chi connectivity index (χ0) is 16.9. The molecule has 1 aromatic heterocycles. The third-order valence-corrected chi connectivity index (χ3v) is 5.50. The van der Waals surface area contributed by atoms with E-state index < -0.39 is 5.60 Å². The molecule has 2 N–H and O–H groups in total. The van der Waals surface area contributed by atoms with Gasteiger partial charge in [-0.25, -0.2) is 0 Å². The molecule has 1 aliphatic rings. The van der Waals surface area contributed by atoms with Gasteiger partial charge in [0.05, 0.1) is 11.3 Å². The Morgan fingerprint density at radius 2 is 2.26 bits per heavy atom. The van der Waals surface area contributed by atoms with Gasteiger partial charge in [-0.15, -0.1) is 0 Å². The van der Waals surface area contributed by atoms with Crippen molar-refractivity contribution in [3.8, 4) is 0 Å². The fourth-order valence-electron chi connectivity index (χ4n) is 3.35. The van der Waals surface area contributed by atoms with Crippen LogP contribution >= 0.6 is 0 Å². The normalized spacial score (nSPS) is 26.7. The van der Waals surface area contributed by atoms with Gasteiger partial charge in [-0.1, -0.05) is 33.3 Å². The van der Waals surface area contributed by atoms with Crippen LogP contribution in [0.4, 0.5) is 0 Å². The molecule has 1 aliphatic heterocycles. The number of nitrogens with zero attached hydrogens (tertiary/aromatic N) is 2. The molecular weight excluding hydrogens is 286 g/mol. The highest BCUT2D eigenvalue weighted by Crippen LogP contribution is 2.22. The van der Waals surface area contributed by atoms with Gasteiger partial charge in [0, 0.05) is 38.4 Å². The van der Waals surface area contributed by atoms with E-state index in [1.165, 1.54) is 0 Å². The molecular formula is C19H33N3O. The zero-order valence-electron chi connectivity index (χ0n) is 15.1. The van der Waals surface area contributed by atoms with Gasteiger partial charge in [0.2, 0.25) is 0 Å². The lowest BCUT2D eigenvalue weighted by Crippen LogP contribution is -2.53. The number of aromatic nitrogens is 1. The Bertz CT molecular complexity index is 463. The van der Waals surface area contributed by atoms with Gasteiger partial charge in [-0.2, -0.15) is 0 Å². The van der Waals surface area contributed by atoms with E-state index in [9.17, 15) is 5.11 Å². The summed E-state index contributed by atoms with van der Waals surface area (Å²) in [5.74, 6) is 0.898. The second-order valence-corrected chi connectivity index (χ2v) is 7.48. The molecule has 1 fully saturated rings. The number of aliphatic hydroxyl groups is 1. The fourth-order valence-corrected chi connectivity index (χ4v) is 3.35. The van der Waals surface area contributed by atoms with E-state index in [0.29, 0.717) is 24.4 Å². The number of hydrogen-bond acceptors (Lipinski definition) is 4. The molecule has 1 saturated heterocycles.